The van der Waals surface area contributed by atoms with E-state index in [2.05, 4.69) is 48.5 Å². The molecule has 19 heteroatoms. The van der Waals surface area contributed by atoms with Crippen LogP contribution in [0.3, 0.4) is 0 Å². The van der Waals surface area contributed by atoms with Crippen LogP contribution in [0.5, 0.6) is 0 Å². The molecule has 0 spiro atoms. The molecule has 0 aliphatic heterocycles. The lowest BCUT2D eigenvalue weighted by Gasteiger charge is -2.21. The van der Waals surface area contributed by atoms with Gasteiger partial charge in [-0.15, -0.1) is 0 Å². The largest absolute Gasteiger partial charge is 0.472 e. The topological polar surface area (TPSA) is 237 Å². The zero-order valence-electron chi connectivity index (χ0n) is 60.0. The minimum atomic E-state index is -4.96. The highest BCUT2D eigenvalue weighted by Crippen LogP contribution is 2.45. The predicted molar refractivity (Wildman–Crippen MR) is 372 cm³/mol. The normalized spacial score (nSPS) is 15.0. The highest BCUT2D eigenvalue weighted by molar-refractivity contribution is 7.47. The van der Waals surface area contributed by atoms with Crippen LogP contribution in [-0.4, -0.2) is 96.7 Å². The van der Waals surface area contributed by atoms with E-state index in [1.54, 1.807) is 0 Å². The number of aliphatic hydroxyl groups is 1. The van der Waals surface area contributed by atoms with Gasteiger partial charge in [-0.05, 0) is 43.4 Å². The zero-order chi connectivity index (χ0) is 68.0. The summed E-state index contributed by atoms with van der Waals surface area (Å²) in [6.45, 7) is 11.9. The van der Waals surface area contributed by atoms with Gasteiger partial charge < -0.3 is 33.8 Å². The number of ether oxygens (including phenoxy) is 4. The van der Waals surface area contributed by atoms with Gasteiger partial charge in [0.05, 0.1) is 26.4 Å². The third kappa shape index (κ3) is 62.8. The molecule has 8 atom stereocenters. The molecule has 0 radical (unpaired) electrons. The number of carbonyl (C=O) groups excluding carboxylic acids is 4. The number of hydrogen-bond acceptors (Lipinski definition) is 15. The van der Waals surface area contributed by atoms with E-state index in [1.165, 1.54) is 173 Å². The van der Waals surface area contributed by atoms with Crippen LogP contribution < -0.4 is 0 Å². The fourth-order valence-corrected chi connectivity index (χ4v) is 12.6. The van der Waals surface area contributed by atoms with Crippen LogP contribution in [0.15, 0.2) is 0 Å². The Morgan fingerprint density at radius 2 is 0.522 bits per heavy atom. The molecule has 0 aliphatic carbocycles. The molecule has 0 fully saturated rings. The standard InChI is InChI=1S/C73H142O17P2/c1-8-12-13-14-15-33-40-47-54-70(75)83-60-68(90-73(78)57-50-43-36-29-28-32-39-46-53-66(7)11-4)62-87-91(79,80)85-58-67(74)59-86-92(81,82)88-63-69(61-84-71(76)55-48-41-34-26-23-22-25-31-38-45-52-65(6)10-3)89-72(77)56-49-42-35-27-21-19-17-16-18-20-24-30-37-44-51-64(5)9-2/h64-69,74H,8-63H2,1-7H3,(H,79,80)(H,81,82)/t64?,65?,66?,67-,68+,69+/m0/s1. The molecule has 0 rings (SSSR count). The average molecular weight is 1350 g/mol. The Morgan fingerprint density at radius 3 is 0.772 bits per heavy atom. The number of phosphoric acid groups is 2. The number of phosphoric ester groups is 2. The van der Waals surface area contributed by atoms with Crippen LogP contribution in [0, 0.1) is 17.8 Å². The van der Waals surface area contributed by atoms with E-state index in [0.29, 0.717) is 25.7 Å². The Labute approximate surface area is 562 Å². The first-order valence-corrected chi connectivity index (χ1v) is 41.0. The Hall–Kier alpha value is -1.94. The van der Waals surface area contributed by atoms with E-state index in [0.717, 1.165) is 114 Å². The molecule has 17 nitrogen and oxygen atoms in total. The van der Waals surface area contributed by atoms with E-state index in [1.807, 2.05) is 0 Å². The number of hydrogen-bond donors (Lipinski definition) is 3. The minimum absolute atomic E-state index is 0.105. The summed E-state index contributed by atoms with van der Waals surface area (Å²) in [4.78, 5) is 72.6. The van der Waals surface area contributed by atoms with Crippen LogP contribution in [0.2, 0.25) is 0 Å². The van der Waals surface area contributed by atoms with E-state index in [-0.39, 0.29) is 25.7 Å². The molecule has 0 aromatic carbocycles. The molecule has 0 aromatic heterocycles. The van der Waals surface area contributed by atoms with Crippen molar-refractivity contribution in [3.63, 3.8) is 0 Å². The molecule has 3 N–H and O–H groups in total. The maximum atomic E-state index is 13.1. The second-order valence-corrected chi connectivity index (χ2v) is 30.0. The van der Waals surface area contributed by atoms with Gasteiger partial charge in [-0.1, -0.05) is 318 Å². The maximum Gasteiger partial charge on any atom is 0.472 e. The summed E-state index contributed by atoms with van der Waals surface area (Å²) in [6, 6.07) is 0. The lowest BCUT2D eigenvalue weighted by Crippen LogP contribution is -2.30. The van der Waals surface area contributed by atoms with Gasteiger partial charge in [0.15, 0.2) is 12.2 Å². The monoisotopic (exact) mass is 1350 g/mol. The van der Waals surface area contributed by atoms with E-state index in [9.17, 15) is 43.2 Å². The molecule has 0 saturated heterocycles. The first-order chi connectivity index (χ1) is 44.3. The summed E-state index contributed by atoms with van der Waals surface area (Å²) in [5.74, 6) is 0.300. The highest BCUT2D eigenvalue weighted by Gasteiger charge is 2.30. The zero-order valence-corrected chi connectivity index (χ0v) is 61.8. The predicted octanol–water partition coefficient (Wildman–Crippen LogP) is 21.0. The van der Waals surface area contributed by atoms with Gasteiger partial charge in [0.25, 0.3) is 0 Å². The molecule has 0 aliphatic rings. The second-order valence-electron chi connectivity index (χ2n) is 27.1. The van der Waals surface area contributed by atoms with Gasteiger partial charge in [0.1, 0.15) is 19.3 Å². The fraction of sp³-hybridized carbons (Fsp3) is 0.945. The Balaban J connectivity index is 5.23. The van der Waals surface area contributed by atoms with Gasteiger partial charge >= 0.3 is 39.5 Å². The first-order valence-electron chi connectivity index (χ1n) is 38.0. The number of unbranched alkanes of at least 4 members (excludes halogenated alkanes) is 36. The third-order valence-corrected chi connectivity index (χ3v) is 19.9. The molecular weight excluding hydrogens is 1210 g/mol. The van der Waals surface area contributed by atoms with E-state index < -0.39 is 97.5 Å². The molecule has 0 saturated carbocycles. The quantitative estimate of drug-likeness (QED) is 0.0222. The highest BCUT2D eigenvalue weighted by atomic mass is 31.2. The maximum absolute atomic E-state index is 13.1. The Kier molecular flexibility index (Phi) is 62.4. The second kappa shape index (κ2) is 63.8. The Bertz CT molecular complexity index is 1810. The van der Waals surface area contributed by atoms with Gasteiger partial charge in [0.2, 0.25) is 0 Å². The van der Waals surface area contributed by atoms with Crippen LogP contribution in [-0.2, 0) is 65.4 Å². The lowest BCUT2D eigenvalue weighted by molar-refractivity contribution is -0.161. The molecule has 546 valence electrons. The van der Waals surface area contributed by atoms with Crippen molar-refractivity contribution in [1.82, 2.24) is 0 Å². The average Bonchev–Trinajstić information content (AvgIpc) is 2.48. The summed E-state index contributed by atoms with van der Waals surface area (Å²) in [7, 11) is -9.90. The third-order valence-electron chi connectivity index (χ3n) is 18.0. The summed E-state index contributed by atoms with van der Waals surface area (Å²) in [5.41, 5.74) is 0. The molecule has 0 amide bonds. The van der Waals surface area contributed by atoms with Crippen molar-refractivity contribution >= 4 is 39.5 Å². The first kappa shape index (κ1) is 90.1. The van der Waals surface area contributed by atoms with Crippen LogP contribution in [0.4, 0.5) is 0 Å². The molecule has 5 unspecified atom stereocenters. The summed E-state index contributed by atoms with van der Waals surface area (Å²) in [5, 5.41) is 10.6. The molecular formula is C73H142O17P2. The van der Waals surface area contributed by atoms with Crippen molar-refractivity contribution in [2.75, 3.05) is 39.6 Å². The van der Waals surface area contributed by atoms with Crippen LogP contribution in [0.1, 0.15) is 370 Å². The molecule has 0 bridgehead atoms. The summed E-state index contributed by atoms with van der Waals surface area (Å²) in [6.07, 6.45) is 48.4. The minimum Gasteiger partial charge on any atom is -0.462 e. The van der Waals surface area contributed by atoms with Crippen molar-refractivity contribution in [2.24, 2.45) is 17.8 Å². The van der Waals surface area contributed by atoms with Gasteiger partial charge in [-0.3, -0.25) is 37.3 Å². The van der Waals surface area contributed by atoms with Gasteiger partial charge in [-0.2, -0.15) is 0 Å². The van der Waals surface area contributed by atoms with E-state index in [4.69, 9.17) is 37.0 Å². The SMILES string of the molecule is CCCCCCCCCCC(=O)OC[C@H](COP(=O)(O)OC[C@H](O)COP(=O)(O)OC[C@@H](COC(=O)CCCCCCCCCCCCC(C)CC)OC(=O)CCCCCCCCCCCCCCCCC(C)CC)OC(=O)CCCCCCCCCCC(C)CC. The lowest BCUT2D eigenvalue weighted by atomic mass is 9.99. The summed E-state index contributed by atoms with van der Waals surface area (Å²) < 4.78 is 68.4. The van der Waals surface area contributed by atoms with Crippen molar-refractivity contribution in [3.05, 3.63) is 0 Å². The molecule has 0 heterocycles. The number of rotatable bonds is 71. The van der Waals surface area contributed by atoms with Crippen molar-refractivity contribution in [1.29, 1.82) is 0 Å². The molecule has 92 heavy (non-hydrogen) atoms. The Morgan fingerprint density at radius 1 is 0.304 bits per heavy atom. The number of carbonyl (C=O) groups is 4. The molecule has 0 aromatic rings. The smallest absolute Gasteiger partial charge is 0.462 e. The van der Waals surface area contributed by atoms with Gasteiger partial charge in [-0.25, -0.2) is 9.13 Å². The van der Waals surface area contributed by atoms with E-state index >= 15 is 0 Å². The van der Waals surface area contributed by atoms with Crippen molar-refractivity contribution in [3.8, 4) is 0 Å². The van der Waals surface area contributed by atoms with Crippen LogP contribution in [0.25, 0.3) is 0 Å². The van der Waals surface area contributed by atoms with Crippen molar-refractivity contribution in [2.45, 2.75) is 388 Å². The van der Waals surface area contributed by atoms with Crippen LogP contribution >= 0.6 is 15.6 Å². The van der Waals surface area contributed by atoms with Crippen molar-refractivity contribution < 1.29 is 80.2 Å². The van der Waals surface area contributed by atoms with Gasteiger partial charge in [0, 0.05) is 25.7 Å². The number of aliphatic hydroxyl groups excluding tert-OH is 1. The fourth-order valence-electron chi connectivity index (χ4n) is 11.0. The number of esters is 4. The summed E-state index contributed by atoms with van der Waals surface area (Å²) >= 11 is 0.